The minimum Gasteiger partial charge on any atom is -0.330 e. The lowest BCUT2D eigenvalue weighted by Gasteiger charge is -2.10. The Morgan fingerprint density at radius 3 is 2.62 bits per heavy atom. The van der Waals surface area contributed by atoms with Gasteiger partial charge in [0.25, 0.3) is 0 Å². The molecule has 0 amide bonds. The zero-order valence-corrected chi connectivity index (χ0v) is 15.5. The van der Waals surface area contributed by atoms with E-state index in [0.717, 1.165) is 11.3 Å². The number of imidazole rings is 1. The van der Waals surface area contributed by atoms with Gasteiger partial charge in [0.1, 0.15) is 10.5 Å². The van der Waals surface area contributed by atoms with E-state index in [4.69, 9.17) is 23.2 Å². The summed E-state index contributed by atoms with van der Waals surface area (Å²) in [6, 6.07) is 4.85. The number of nitrogens with zero attached hydrogens (tertiary/aromatic N) is 3. The van der Waals surface area contributed by atoms with Crippen molar-refractivity contribution in [1.29, 1.82) is 0 Å². The summed E-state index contributed by atoms with van der Waals surface area (Å²) in [7, 11) is -3.71. The molecule has 0 aliphatic carbocycles. The highest BCUT2D eigenvalue weighted by atomic mass is 35.5. The van der Waals surface area contributed by atoms with Gasteiger partial charge in [-0.15, -0.1) is 0 Å². The number of nitrogens with one attached hydrogen (secondary N) is 1. The van der Waals surface area contributed by atoms with Gasteiger partial charge >= 0.3 is 0 Å². The molecule has 128 valence electrons. The molecule has 2 heterocycles. The van der Waals surface area contributed by atoms with Gasteiger partial charge in [-0.2, -0.15) is 5.10 Å². The minimum absolute atomic E-state index is 0.0314. The standard InChI is InChI=1S/C15H16Cl2N4O2S/c1-10-7-14(13(17)9-12(10)16)24(22,23)18-3-4-20-5-6-21-15(20)8-11(2)19-21/h5-9,18H,3-4H2,1-2H3. The van der Waals surface area contributed by atoms with Crippen molar-refractivity contribution < 1.29 is 8.42 Å². The number of hydrogen-bond acceptors (Lipinski definition) is 3. The molecule has 0 aliphatic heterocycles. The van der Waals surface area contributed by atoms with Crippen LogP contribution in [0, 0.1) is 13.8 Å². The summed E-state index contributed by atoms with van der Waals surface area (Å²) in [6.45, 7) is 4.35. The lowest BCUT2D eigenvalue weighted by molar-refractivity contribution is 0.574. The summed E-state index contributed by atoms with van der Waals surface area (Å²) >= 11 is 12.0. The molecular formula is C15H16Cl2N4O2S. The summed E-state index contributed by atoms with van der Waals surface area (Å²) < 4.78 is 31.1. The number of fused-ring (bicyclic) bond motifs is 1. The molecule has 0 unspecified atom stereocenters. The minimum atomic E-state index is -3.71. The van der Waals surface area contributed by atoms with E-state index in [1.807, 2.05) is 30.0 Å². The predicted molar refractivity (Wildman–Crippen MR) is 94.3 cm³/mol. The normalized spacial score (nSPS) is 12.2. The van der Waals surface area contributed by atoms with E-state index in [0.29, 0.717) is 17.1 Å². The number of hydrogen-bond donors (Lipinski definition) is 1. The van der Waals surface area contributed by atoms with Gasteiger partial charge in [0.2, 0.25) is 10.0 Å². The van der Waals surface area contributed by atoms with Crippen LogP contribution >= 0.6 is 23.2 Å². The van der Waals surface area contributed by atoms with Crippen molar-refractivity contribution in [3.05, 3.63) is 51.9 Å². The Morgan fingerprint density at radius 2 is 1.88 bits per heavy atom. The van der Waals surface area contributed by atoms with Gasteiger partial charge in [0.05, 0.1) is 10.7 Å². The first-order valence-corrected chi connectivity index (χ1v) is 9.48. The number of aryl methyl sites for hydroxylation is 2. The van der Waals surface area contributed by atoms with Crippen LogP contribution in [0.4, 0.5) is 0 Å². The highest BCUT2D eigenvalue weighted by Gasteiger charge is 2.19. The molecule has 0 saturated heterocycles. The average Bonchev–Trinajstić information content (AvgIpc) is 3.02. The third-order valence-electron chi connectivity index (χ3n) is 3.67. The zero-order chi connectivity index (χ0) is 17.5. The maximum Gasteiger partial charge on any atom is 0.242 e. The summed E-state index contributed by atoms with van der Waals surface area (Å²) in [5.41, 5.74) is 2.47. The molecule has 1 N–H and O–H groups in total. The van der Waals surface area contributed by atoms with Gasteiger partial charge in [-0.05, 0) is 31.5 Å². The van der Waals surface area contributed by atoms with E-state index in [1.54, 1.807) is 11.4 Å². The monoisotopic (exact) mass is 386 g/mol. The Bertz CT molecular complexity index is 1010. The van der Waals surface area contributed by atoms with E-state index in [9.17, 15) is 8.42 Å². The average molecular weight is 387 g/mol. The van der Waals surface area contributed by atoms with Crippen LogP contribution in [0.2, 0.25) is 10.0 Å². The Hall–Kier alpha value is -1.54. The molecule has 9 heteroatoms. The van der Waals surface area contributed by atoms with Crippen molar-refractivity contribution in [3.8, 4) is 0 Å². The second-order valence-corrected chi connectivity index (χ2v) is 8.06. The van der Waals surface area contributed by atoms with Gasteiger partial charge in [0, 0.05) is 36.6 Å². The third-order valence-corrected chi connectivity index (χ3v) is 6.00. The molecule has 3 rings (SSSR count). The number of sulfonamides is 1. The maximum absolute atomic E-state index is 12.4. The van der Waals surface area contributed by atoms with Crippen LogP contribution < -0.4 is 4.72 Å². The van der Waals surface area contributed by atoms with Crippen LogP contribution in [0.5, 0.6) is 0 Å². The summed E-state index contributed by atoms with van der Waals surface area (Å²) in [4.78, 5) is 0.0314. The van der Waals surface area contributed by atoms with E-state index in [-0.39, 0.29) is 16.5 Å². The molecular weight excluding hydrogens is 371 g/mol. The van der Waals surface area contributed by atoms with E-state index in [2.05, 4.69) is 9.82 Å². The number of aromatic nitrogens is 3. The van der Waals surface area contributed by atoms with Gasteiger partial charge in [-0.3, -0.25) is 0 Å². The van der Waals surface area contributed by atoms with Crippen LogP contribution in [0.25, 0.3) is 5.65 Å². The molecule has 0 radical (unpaired) electrons. The first-order chi connectivity index (χ1) is 11.3. The highest BCUT2D eigenvalue weighted by molar-refractivity contribution is 7.89. The molecule has 0 saturated carbocycles. The molecule has 1 aromatic carbocycles. The lowest BCUT2D eigenvalue weighted by atomic mass is 10.2. The Morgan fingerprint density at radius 1 is 1.12 bits per heavy atom. The van der Waals surface area contributed by atoms with Crippen molar-refractivity contribution in [2.45, 2.75) is 25.3 Å². The molecule has 0 aliphatic rings. The van der Waals surface area contributed by atoms with E-state index in [1.165, 1.54) is 12.1 Å². The molecule has 2 aromatic heterocycles. The smallest absolute Gasteiger partial charge is 0.242 e. The van der Waals surface area contributed by atoms with Crippen molar-refractivity contribution in [2.24, 2.45) is 0 Å². The second kappa shape index (κ2) is 6.40. The molecule has 3 aromatic rings. The molecule has 24 heavy (non-hydrogen) atoms. The second-order valence-electron chi connectivity index (χ2n) is 5.51. The highest BCUT2D eigenvalue weighted by Crippen LogP contribution is 2.28. The summed E-state index contributed by atoms with van der Waals surface area (Å²) in [5.74, 6) is 0. The largest absolute Gasteiger partial charge is 0.330 e. The number of halogens is 2. The van der Waals surface area contributed by atoms with Crippen LogP contribution in [-0.2, 0) is 16.6 Å². The van der Waals surface area contributed by atoms with Crippen molar-refractivity contribution in [2.75, 3.05) is 6.54 Å². The fourth-order valence-corrected chi connectivity index (χ4v) is 4.30. The predicted octanol–water partition coefficient (Wildman–Crippen LogP) is 3.04. The first-order valence-electron chi connectivity index (χ1n) is 7.24. The van der Waals surface area contributed by atoms with Crippen molar-refractivity contribution in [3.63, 3.8) is 0 Å². The Balaban J connectivity index is 1.75. The SMILES string of the molecule is Cc1cc2n(CCNS(=O)(=O)c3cc(C)c(Cl)cc3Cl)ccn2n1. The fraction of sp³-hybridized carbons (Fsp3) is 0.267. The van der Waals surface area contributed by atoms with Crippen molar-refractivity contribution in [1.82, 2.24) is 18.9 Å². The van der Waals surface area contributed by atoms with Crippen LogP contribution in [0.3, 0.4) is 0 Å². The molecule has 6 nitrogen and oxygen atoms in total. The van der Waals surface area contributed by atoms with Gasteiger partial charge in [0.15, 0.2) is 0 Å². The van der Waals surface area contributed by atoms with Gasteiger partial charge in [-0.25, -0.2) is 17.7 Å². The van der Waals surface area contributed by atoms with Gasteiger partial charge < -0.3 is 4.57 Å². The third kappa shape index (κ3) is 3.30. The Labute approximate surface area is 150 Å². The van der Waals surface area contributed by atoms with Crippen LogP contribution in [0.1, 0.15) is 11.3 Å². The summed E-state index contributed by atoms with van der Waals surface area (Å²) in [6.07, 6.45) is 3.69. The number of benzene rings is 1. The molecule has 0 fully saturated rings. The summed E-state index contributed by atoms with van der Waals surface area (Å²) in [5, 5.41) is 4.83. The van der Waals surface area contributed by atoms with Crippen LogP contribution in [-0.4, -0.2) is 29.1 Å². The van der Waals surface area contributed by atoms with Crippen molar-refractivity contribution >= 4 is 38.9 Å². The quantitative estimate of drug-likeness (QED) is 0.732. The van der Waals surface area contributed by atoms with Crippen LogP contribution in [0.15, 0.2) is 35.5 Å². The van der Waals surface area contributed by atoms with Gasteiger partial charge in [-0.1, -0.05) is 23.2 Å². The lowest BCUT2D eigenvalue weighted by Crippen LogP contribution is -2.27. The topological polar surface area (TPSA) is 68.4 Å². The maximum atomic E-state index is 12.4. The number of rotatable bonds is 5. The zero-order valence-electron chi connectivity index (χ0n) is 13.1. The fourth-order valence-electron chi connectivity index (χ4n) is 2.45. The molecule has 0 bridgehead atoms. The first kappa shape index (κ1) is 17.3. The van der Waals surface area contributed by atoms with E-state index < -0.39 is 10.0 Å². The van der Waals surface area contributed by atoms with E-state index >= 15 is 0 Å². The molecule has 0 spiro atoms. The molecule has 0 atom stereocenters. The Kier molecular flexibility index (Phi) is 4.61.